The van der Waals surface area contributed by atoms with E-state index in [1.165, 1.54) is 0 Å². The minimum Gasteiger partial charge on any atom is -0.381 e. The molecule has 0 aliphatic carbocycles. The molecule has 18 heavy (non-hydrogen) atoms. The molecular formula is C12H18F2N4. The lowest BCUT2D eigenvalue weighted by Gasteiger charge is -2.22. The summed E-state index contributed by atoms with van der Waals surface area (Å²) in [4.78, 5) is 7.71. The maximum Gasteiger partial charge on any atom is 0.168 e. The number of hydrogen-bond donors (Lipinski definition) is 1. The highest BCUT2D eigenvalue weighted by molar-refractivity contribution is 5.46. The van der Waals surface area contributed by atoms with Crippen LogP contribution in [0.4, 0.5) is 20.4 Å². The topological polar surface area (TPSA) is 45.4 Å². The molecule has 1 saturated heterocycles. The van der Waals surface area contributed by atoms with Crippen LogP contribution in [0.15, 0.2) is 6.07 Å². The third-order valence-electron chi connectivity index (χ3n) is 3.32. The zero-order valence-corrected chi connectivity index (χ0v) is 10.7. The van der Waals surface area contributed by atoms with Gasteiger partial charge < -0.3 is 15.5 Å². The number of hydrogen-bond acceptors (Lipinski definition) is 4. The predicted octanol–water partition coefficient (Wildman–Crippen LogP) is 1.33. The van der Waals surface area contributed by atoms with Crippen LogP contribution in [-0.2, 0) is 0 Å². The highest BCUT2D eigenvalue weighted by Crippen LogP contribution is 2.22. The summed E-state index contributed by atoms with van der Waals surface area (Å²) in [6, 6.07) is 0.787. The number of pyridine rings is 1. The van der Waals surface area contributed by atoms with Crippen molar-refractivity contribution in [2.45, 2.75) is 6.42 Å². The summed E-state index contributed by atoms with van der Waals surface area (Å²) in [5.74, 6) is -1.15. The van der Waals surface area contributed by atoms with Crippen molar-refractivity contribution in [1.29, 1.82) is 0 Å². The molecule has 0 bridgehead atoms. The number of likely N-dealkylation sites (tertiary alicyclic amines) is 1. The molecule has 4 nitrogen and oxygen atoms in total. The molecule has 0 aromatic carbocycles. The number of anilines is 2. The predicted molar refractivity (Wildman–Crippen MR) is 67.4 cm³/mol. The summed E-state index contributed by atoms with van der Waals surface area (Å²) in [7, 11) is 3.82. The lowest BCUT2D eigenvalue weighted by atomic mass is 10.1. The van der Waals surface area contributed by atoms with Crippen LogP contribution in [0, 0.1) is 17.6 Å². The molecule has 100 valence electrons. The Hall–Kier alpha value is -1.43. The van der Waals surface area contributed by atoms with Crippen LogP contribution >= 0.6 is 0 Å². The first kappa shape index (κ1) is 13.0. The molecule has 0 spiro atoms. The van der Waals surface area contributed by atoms with E-state index in [-0.39, 0.29) is 11.6 Å². The largest absolute Gasteiger partial charge is 0.381 e. The standard InChI is InChI=1S/C12H18F2N4/c1-17-4-3-8(6-17)7-18(2)12-10(14)5-9(13)11(15)16-12/h5,8H,3-4,6-7H2,1-2H3,(H2,15,16). The van der Waals surface area contributed by atoms with Gasteiger partial charge in [0.1, 0.15) is 0 Å². The van der Waals surface area contributed by atoms with E-state index >= 15 is 0 Å². The highest BCUT2D eigenvalue weighted by atomic mass is 19.1. The lowest BCUT2D eigenvalue weighted by molar-refractivity contribution is 0.395. The lowest BCUT2D eigenvalue weighted by Crippen LogP contribution is -2.28. The Morgan fingerprint density at radius 2 is 2.22 bits per heavy atom. The maximum absolute atomic E-state index is 13.6. The monoisotopic (exact) mass is 256 g/mol. The van der Waals surface area contributed by atoms with Gasteiger partial charge in [-0.05, 0) is 25.9 Å². The van der Waals surface area contributed by atoms with Crippen molar-refractivity contribution in [3.8, 4) is 0 Å². The Labute approximate surface area is 105 Å². The quantitative estimate of drug-likeness (QED) is 0.886. The Kier molecular flexibility index (Phi) is 3.65. The Balaban J connectivity index is 2.09. The first-order valence-corrected chi connectivity index (χ1v) is 5.98. The second-order valence-electron chi connectivity index (χ2n) is 4.96. The molecule has 1 aromatic heterocycles. The Morgan fingerprint density at radius 3 is 2.83 bits per heavy atom. The fourth-order valence-electron chi connectivity index (χ4n) is 2.39. The Bertz CT molecular complexity index is 438. The fraction of sp³-hybridized carbons (Fsp3) is 0.583. The van der Waals surface area contributed by atoms with Gasteiger partial charge in [-0.2, -0.15) is 0 Å². The number of nitrogens with zero attached hydrogens (tertiary/aromatic N) is 3. The molecule has 0 saturated carbocycles. The van der Waals surface area contributed by atoms with Crippen molar-refractivity contribution in [3.05, 3.63) is 17.7 Å². The molecule has 0 amide bonds. The van der Waals surface area contributed by atoms with E-state index < -0.39 is 11.6 Å². The summed E-state index contributed by atoms with van der Waals surface area (Å²) in [5.41, 5.74) is 5.37. The first-order valence-electron chi connectivity index (χ1n) is 5.98. The van der Waals surface area contributed by atoms with Gasteiger partial charge >= 0.3 is 0 Å². The van der Waals surface area contributed by atoms with Crippen molar-refractivity contribution in [1.82, 2.24) is 9.88 Å². The smallest absolute Gasteiger partial charge is 0.168 e. The van der Waals surface area contributed by atoms with Gasteiger partial charge in [0.05, 0.1) is 0 Å². The minimum absolute atomic E-state index is 0.114. The van der Waals surface area contributed by atoms with E-state index in [0.29, 0.717) is 12.5 Å². The third kappa shape index (κ3) is 2.69. The van der Waals surface area contributed by atoms with Crippen LogP contribution in [0.2, 0.25) is 0 Å². The summed E-state index contributed by atoms with van der Waals surface area (Å²) < 4.78 is 26.6. The first-order chi connectivity index (χ1) is 8.47. The molecular weight excluding hydrogens is 238 g/mol. The minimum atomic E-state index is -0.815. The summed E-state index contributed by atoms with van der Waals surface area (Å²) in [6.45, 7) is 2.74. The average molecular weight is 256 g/mol. The molecule has 1 aliphatic rings. The van der Waals surface area contributed by atoms with Gasteiger partial charge in [0.15, 0.2) is 23.3 Å². The van der Waals surface area contributed by atoms with Gasteiger partial charge in [-0.25, -0.2) is 13.8 Å². The van der Waals surface area contributed by atoms with Crippen molar-refractivity contribution in [3.63, 3.8) is 0 Å². The van der Waals surface area contributed by atoms with E-state index in [1.54, 1.807) is 11.9 Å². The molecule has 2 rings (SSSR count). The molecule has 1 aliphatic heterocycles. The molecule has 1 fully saturated rings. The highest BCUT2D eigenvalue weighted by Gasteiger charge is 2.22. The second-order valence-corrected chi connectivity index (χ2v) is 4.96. The molecule has 1 atom stereocenters. The molecule has 2 N–H and O–H groups in total. The number of nitrogens with two attached hydrogens (primary N) is 1. The molecule has 1 unspecified atom stereocenters. The van der Waals surface area contributed by atoms with E-state index in [0.717, 1.165) is 25.6 Å². The van der Waals surface area contributed by atoms with Gasteiger partial charge in [-0.3, -0.25) is 0 Å². The van der Waals surface area contributed by atoms with E-state index in [4.69, 9.17) is 5.73 Å². The van der Waals surface area contributed by atoms with Crippen LogP contribution in [-0.4, -0.2) is 43.6 Å². The van der Waals surface area contributed by atoms with Crippen molar-refractivity contribution in [2.24, 2.45) is 5.92 Å². The maximum atomic E-state index is 13.6. The van der Waals surface area contributed by atoms with Crippen LogP contribution in [0.1, 0.15) is 6.42 Å². The molecule has 1 aromatic rings. The second kappa shape index (κ2) is 5.06. The van der Waals surface area contributed by atoms with E-state index in [2.05, 4.69) is 16.9 Å². The summed E-state index contributed by atoms with van der Waals surface area (Å²) in [5, 5.41) is 0. The van der Waals surface area contributed by atoms with E-state index in [1.807, 2.05) is 0 Å². The zero-order valence-electron chi connectivity index (χ0n) is 10.7. The summed E-state index contributed by atoms with van der Waals surface area (Å²) >= 11 is 0. The van der Waals surface area contributed by atoms with Crippen molar-refractivity contribution < 1.29 is 8.78 Å². The normalized spacial score (nSPS) is 20.3. The van der Waals surface area contributed by atoms with Crippen LogP contribution in [0.5, 0.6) is 0 Å². The van der Waals surface area contributed by atoms with Crippen LogP contribution < -0.4 is 10.6 Å². The average Bonchev–Trinajstić information content (AvgIpc) is 2.69. The van der Waals surface area contributed by atoms with Crippen LogP contribution in [0.25, 0.3) is 0 Å². The van der Waals surface area contributed by atoms with Gasteiger partial charge in [0.2, 0.25) is 0 Å². The molecule has 2 heterocycles. The fourth-order valence-corrected chi connectivity index (χ4v) is 2.39. The van der Waals surface area contributed by atoms with Gasteiger partial charge in [-0.15, -0.1) is 0 Å². The number of nitrogen functional groups attached to an aromatic ring is 1. The van der Waals surface area contributed by atoms with Crippen molar-refractivity contribution >= 4 is 11.6 Å². The van der Waals surface area contributed by atoms with Gasteiger partial charge in [0, 0.05) is 26.2 Å². The third-order valence-corrected chi connectivity index (χ3v) is 3.32. The SMILES string of the molecule is CN1CCC(CN(C)c2nc(N)c(F)cc2F)C1. The number of rotatable bonds is 3. The summed E-state index contributed by atoms with van der Waals surface area (Å²) in [6.07, 6.45) is 1.08. The molecule has 0 radical (unpaired) electrons. The Morgan fingerprint density at radius 1 is 1.50 bits per heavy atom. The van der Waals surface area contributed by atoms with Gasteiger partial charge in [-0.1, -0.05) is 0 Å². The molecule has 6 heteroatoms. The number of halogens is 2. The zero-order chi connectivity index (χ0) is 13.3. The van der Waals surface area contributed by atoms with Crippen molar-refractivity contribution in [2.75, 3.05) is 44.4 Å². The van der Waals surface area contributed by atoms with Crippen LogP contribution in [0.3, 0.4) is 0 Å². The van der Waals surface area contributed by atoms with Gasteiger partial charge in [0.25, 0.3) is 0 Å². The van der Waals surface area contributed by atoms with E-state index in [9.17, 15) is 8.78 Å². The number of aromatic nitrogens is 1.